The molecular weight excluding hydrogens is 170 g/mol. The lowest BCUT2D eigenvalue weighted by molar-refractivity contribution is -0.131. The van der Waals surface area contributed by atoms with Crippen LogP contribution in [0.1, 0.15) is 20.8 Å². The second kappa shape index (κ2) is 5.35. The van der Waals surface area contributed by atoms with Crippen LogP contribution in [0, 0.1) is 5.92 Å². The van der Waals surface area contributed by atoms with Crippen molar-refractivity contribution < 1.29 is 14.3 Å². The maximum atomic E-state index is 11.2. The summed E-state index contributed by atoms with van der Waals surface area (Å²) in [6.45, 7) is 5.09. The van der Waals surface area contributed by atoms with E-state index in [-0.39, 0.29) is 17.6 Å². The SMILES string of the molecule is C/C=C(\OC)C(=O)NC(=O)C(C)C. The molecule has 0 rings (SSSR count). The van der Waals surface area contributed by atoms with Gasteiger partial charge in [-0.2, -0.15) is 0 Å². The highest BCUT2D eigenvalue weighted by Gasteiger charge is 2.14. The Morgan fingerprint density at radius 3 is 2.23 bits per heavy atom. The van der Waals surface area contributed by atoms with E-state index in [0.29, 0.717) is 0 Å². The second-order valence-electron chi connectivity index (χ2n) is 2.83. The largest absolute Gasteiger partial charge is 0.491 e. The average Bonchev–Trinajstić information content (AvgIpc) is 2.06. The number of nitrogens with one attached hydrogen (secondary N) is 1. The van der Waals surface area contributed by atoms with E-state index in [0.717, 1.165) is 0 Å². The summed E-state index contributed by atoms with van der Waals surface area (Å²) in [5.41, 5.74) is 0. The summed E-state index contributed by atoms with van der Waals surface area (Å²) in [4.78, 5) is 22.3. The lowest BCUT2D eigenvalue weighted by atomic mass is 10.2. The minimum Gasteiger partial charge on any atom is -0.491 e. The topological polar surface area (TPSA) is 55.4 Å². The molecular formula is C9H15NO3. The highest BCUT2D eigenvalue weighted by atomic mass is 16.5. The first-order chi connectivity index (χ1) is 6.02. The van der Waals surface area contributed by atoms with Gasteiger partial charge in [0.25, 0.3) is 5.91 Å². The zero-order valence-corrected chi connectivity index (χ0v) is 8.38. The zero-order valence-electron chi connectivity index (χ0n) is 8.38. The Balaban J connectivity index is 4.23. The molecule has 0 aliphatic rings. The average molecular weight is 185 g/mol. The predicted molar refractivity (Wildman–Crippen MR) is 48.8 cm³/mol. The lowest BCUT2D eigenvalue weighted by Gasteiger charge is -2.07. The summed E-state index contributed by atoms with van der Waals surface area (Å²) in [5.74, 6) is -0.863. The molecule has 0 fully saturated rings. The molecule has 0 saturated carbocycles. The van der Waals surface area contributed by atoms with Crippen LogP contribution < -0.4 is 5.32 Å². The number of ether oxygens (including phenoxy) is 1. The highest BCUT2D eigenvalue weighted by molar-refractivity contribution is 6.03. The van der Waals surface area contributed by atoms with Gasteiger partial charge in [-0.1, -0.05) is 13.8 Å². The van der Waals surface area contributed by atoms with Crippen LogP contribution in [0.3, 0.4) is 0 Å². The van der Waals surface area contributed by atoms with E-state index in [1.165, 1.54) is 13.2 Å². The summed E-state index contributed by atoms with van der Waals surface area (Å²) < 4.78 is 4.74. The molecule has 2 amide bonds. The fourth-order valence-corrected chi connectivity index (χ4v) is 0.659. The Morgan fingerprint density at radius 1 is 1.38 bits per heavy atom. The molecule has 4 heteroatoms. The van der Waals surface area contributed by atoms with Crippen LogP contribution in [0.15, 0.2) is 11.8 Å². The quantitative estimate of drug-likeness (QED) is 0.523. The van der Waals surface area contributed by atoms with Crippen molar-refractivity contribution in [2.24, 2.45) is 5.92 Å². The van der Waals surface area contributed by atoms with Gasteiger partial charge in [-0.25, -0.2) is 0 Å². The lowest BCUT2D eigenvalue weighted by Crippen LogP contribution is -2.34. The molecule has 74 valence electrons. The summed E-state index contributed by atoms with van der Waals surface area (Å²) in [5, 5.41) is 2.21. The Labute approximate surface area is 78.0 Å². The molecule has 0 unspecified atom stereocenters. The molecule has 0 aromatic rings. The Hall–Kier alpha value is -1.32. The monoisotopic (exact) mass is 185 g/mol. The van der Waals surface area contributed by atoms with Gasteiger partial charge in [-0.15, -0.1) is 0 Å². The maximum Gasteiger partial charge on any atom is 0.292 e. The summed E-state index contributed by atoms with van der Waals surface area (Å²) in [6, 6.07) is 0. The van der Waals surface area contributed by atoms with Gasteiger partial charge < -0.3 is 4.74 Å². The molecule has 0 aromatic carbocycles. The number of hydrogen-bond donors (Lipinski definition) is 1. The molecule has 0 atom stereocenters. The third-order valence-corrected chi connectivity index (χ3v) is 1.47. The molecule has 0 aromatic heterocycles. The number of allylic oxidation sites excluding steroid dienone is 1. The van der Waals surface area contributed by atoms with Crippen molar-refractivity contribution in [3.63, 3.8) is 0 Å². The first-order valence-corrected chi connectivity index (χ1v) is 4.08. The van der Waals surface area contributed by atoms with Crippen LogP contribution in [0.25, 0.3) is 0 Å². The van der Waals surface area contributed by atoms with E-state index in [4.69, 9.17) is 4.74 Å². The van der Waals surface area contributed by atoms with Crippen LogP contribution in [0.4, 0.5) is 0 Å². The second-order valence-corrected chi connectivity index (χ2v) is 2.83. The maximum absolute atomic E-state index is 11.2. The molecule has 0 spiro atoms. The van der Waals surface area contributed by atoms with Crippen molar-refractivity contribution in [2.75, 3.05) is 7.11 Å². The number of imide groups is 1. The number of rotatable bonds is 3. The van der Waals surface area contributed by atoms with Crippen LogP contribution in [-0.4, -0.2) is 18.9 Å². The highest BCUT2D eigenvalue weighted by Crippen LogP contribution is 1.96. The predicted octanol–water partition coefficient (Wildman–Crippen LogP) is 0.835. The van der Waals surface area contributed by atoms with Gasteiger partial charge in [0, 0.05) is 5.92 Å². The molecule has 1 N–H and O–H groups in total. The van der Waals surface area contributed by atoms with E-state index in [2.05, 4.69) is 5.32 Å². The Bertz CT molecular complexity index is 231. The van der Waals surface area contributed by atoms with Crippen molar-refractivity contribution >= 4 is 11.8 Å². The van der Waals surface area contributed by atoms with E-state index in [1.54, 1.807) is 20.8 Å². The minimum absolute atomic E-state index is 0.147. The summed E-state index contributed by atoms with van der Waals surface area (Å²) in [7, 11) is 1.38. The number of carbonyl (C=O) groups is 2. The summed E-state index contributed by atoms with van der Waals surface area (Å²) in [6.07, 6.45) is 1.50. The van der Waals surface area contributed by atoms with Crippen molar-refractivity contribution in [1.29, 1.82) is 0 Å². The fraction of sp³-hybridized carbons (Fsp3) is 0.556. The van der Waals surface area contributed by atoms with E-state index < -0.39 is 5.91 Å². The normalized spacial score (nSPS) is 11.3. The van der Waals surface area contributed by atoms with Crippen molar-refractivity contribution in [3.8, 4) is 0 Å². The number of amides is 2. The van der Waals surface area contributed by atoms with Gasteiger partial charge in [0.1, 0.15) is 0 Å². The smallest absolute Gasteiger partial charge is 0.292 e. The van der Waals surface area contributed by atoms with Crippen LogP contribution in [0.2, 0.25) is 0 Å². The van der Waals surface area contributed by atoms with Gasteiger partial charge in [-0.05, 0) is 13.0 Å². The summed E-state index contributed by atoms with van der Waals surface area (Å²) >= 11 is 0. The number of hydrogen-bond acceptors (Lipinski definition) is 3. The van der Waals surface area contributed by atoms with Gasteiger partial charge in [-0.3, -0.25) is 14.9 Å². The van der Waals surface area contributed by atoms with Crippen LogP contribution >= 0.6 is 0 Å². The molecule has 0 radical (unpaired) electrons. The van der Waals surface area contributed by atoms with Gasteiger partial charge in [0.05, 0.1) is 7.11 Å². The van der Waals surface area contributed by atoms with E-state index >= 15 is 0 Å². The van der Waals surface area contributed by atoms with Crippen molar-refractivity contribution in [3.05, 3.63) is 11.8 Å². The fourth-order valence-electron chi connectivity index (χ4n) is 0.659. The third-order valence-electron chi connectivity index (χ3n) is 1.47. The first kappa shape index (κ1) is 11.7. The molecule has 13 heavy (non-hydrogen) atoms. The van der Waals surface area contributed by atoms with E-state index in [1.807, 2.05) is 0 Å². The molecule has 0 aliphatic carbocycles. The Morgan fingerprint density at radius 2 is 1.92 bits per heavy atom. The molecule has 0 bridgehead atoms. The van der Waals surface area contributed by atoms with Crippen molar-refractivity contribution in [2.45, 2.75) is 20.8 Å². The van der Waals surface area contributed by atoms with Gasteiger partial charge >= 0.3 is 0 Å². The number of methoxy groups -OCH3 is 1. The molecule has 4 nitrogen and oxygen atoms in total. The standard InChI is InChI=1S/C9H15NO3/c1-5-7(13-4)9(12)10-8(11)6(2)3/h5-6H,1-4H3,(H,10,11,12)/b7-5-. The Kier molecular flexibility index (Phi) is 4.80. The third kappa shape index (κ3) is 3.73. The first-order valence-electron chi connectivity index (χ1n) is 4.08. The molecule has 0 saturated heterocycles. The zero-order chi connectivity index (χ0) is 10.4. The van der Waals surface area contributed by atoms with Gasteiger partial charge in [0.15, 0.2) is 5.76 Å². The number of carbonyl (C=O) groups excluding carboxylic acids is 2. The minimum atomic E-state index is -0.497. The molecule has 0 aliphatic heterocycles. The van der Waals surface area contributed by atoms with Gasteiger partial charge in [0.2, 0.25) is 5.91 Å². The van der Waals surface area contributed by atoms with Crippen LogP contribution in [-0.2, 0) is 14.3 Å². The molecule has 0 heterocycles. The van der Waals surface area contributed by atoms with E-state index in [9.17, 15) is 9.59 Å². The van der Waals surface area contributed by atoms with Crippen LogP contribution in [0.5, 0.6) is 0 Å². The van der Waals surface area contributed by atoms with Crippen molar-refractivity contribution in [1.82, 2.24) is 5.32 Å².